The van der Waals surface area contributed by atoms with Crippen LogP contribution in [-0.2, 0) is 11.3 Å². The number of anilines is 2. The third-order valence-corrected chi connectivity index (χ3v) is 4.40. The first-order chi connectivity index (χ1) is 12.9. The van der Waals surface area contributed by atoms with Gasteiger partial charge in [0.2, 0.25) is 11.9 Å². The van der Waals surface area contributed by atoms with Crippen LogP contribution in [0.5, 0.6) is 0 Å². The monoisotopic (exact) mass is 370 g/mol. The second-order valence-corrected chi connectivity index (χ2v) is 6.85. The lowest BCUT2D eigenvalue weighted by atomic mass is 10.1. The Bertz CT molecular complexity index is 818. The fraction of sp³-hybridized carbons (Fsp3) is 0.474. The van der Waals surface area contributed by atoms with Crippen LogP contribution in [0.15, 0.2) is 18.2 Å². The van der Waals surface area contributed by atoms with Gasteiger partial charge in [0.25, 0.3) is 5.91 Å². The molecule has 0 unspecified atom stereocenters. The summed E-state index contributed by atoms with van der Waals surface area (Å²) in [5.41, 5.74) is 2.66. The van der Waals surface area contributed by atoms with E-state index in [-0.39, 0.29) is 12.5 Å². The molecule has 1 N–H and O–H groups in total. The molecule has 2 heterocycles. The lowest BCUT2D eigenvalue weighted by Gasteiger charge is -2.27. The van der Waals surface area contributed by atoms with Gasteiger partial charge in [0.05, 0.1) is 19.8 Å². The van der Waals surface area contributed by atoms with Crippen LogP contribution in [0.2, 0.25) is 0 Å². The number of aryl methyl sites for hydroxylation is 2. The summed E-state index contributed by atoms with van der Waals surface area (Å²) in [7, 11) is 3.77. The summed E-state index contributed by atoms with van der Waals surface area (Å²) in [5.74, 6) is 1.60. The number of rotatable bonds is 5. The Balaban J connectivity index is 1.78. The number of nitrogens with zero attached hydrogens (tertiary/aromatic N) is 5. The first-order valence-corrected chi connectivity index (χ1v) is 9.04. The topological polar surface area (TPSA) is 83.5 Å². The normalized spacial score (nSPS) is 14.1. The number of carbonyl (C=O) groups excluding carboxylic acids is 1. The molecule has 27 heavy (non-hydrogen) atoms. The molecule has 8 nitrogen and oxygen atoms in total. The molecule has 1 aromatic heterocycles. The van der Waals surface area contributed by atoms with Gasteiger partial charge in [-0.05, 0) is 25.5 Å². The Kier molecular flexibility index (Phi) is 5.85. The van der Waals surface area contributed by atoms with Gasteiger partial charge in [-0.15, -0.1) is 0 Å². The number of benzene rings is 1. The second-order valence-electron chi connectivity index (χ2n) is 6.85. The van der Waals surface area contributed by atoms with Crippen LogP contribution in [-0.4, -0.2) is 61.3 Å². The first-order valence-electron chi connectivity index (χ1n) is 9.04. The van der Waals surface area contributed by atoms with Crippen molar-refractivity contribution in [2.75, 3.05) is 50.2 Å². The zero-order chi connectivity index (χ0) is 19.4. The Morgan fingerprint density at radius 1 is 1.19 bits per heavy atom. The maximum atomic E-state index is 12.6. The Morgan fingerprint density at radius 2 is 1.93 bits per heavy atom. The zero-order valence-electron chi connectivity index (χ0n) is 16.3. The highest BCUT2D eigenvalue weighted by molar-refractivity contribution is 5.95. The number of carbonyl (C=O) groups is 1. The zero-order valence-corrected chi connectivity index (χ0v) is 16.3. The highest BCUT2D eigenvalue weighted by Crippen LogP contribution is 2.15. The minimum absolute atomic E-state index is 0.129. The van der Waals surface area contributed by atoms with Gasteiger partial charge in [-0.3, -0.25) is 4.79 Å². The minimum Gasteiger partial charge on any atom is -0.378 e. The molecule has 1 amide bonds. The van der Waals surface area contributed by atoms with E-state index < -0.39 is 0 Å². The van der Waals surface area contributed by atoms with Crippen LogP contribution in [0, 0.1) is 13.8 Å². The van der Waals surface area contributed by atoms with Crippen LogP contribution in [0.1, 0.15) is 27.3 Å². The highest BCUT2D eigenvalue weighted by Gasteiger charge is 2.18. The van der Waals surface area contributed by atoms with Crippen LogP contribution >= 0.6 is 0 Å². The molecular weight excluding hydrogens is 344 g/mol. The van der Waals surface area contributed by atoms with Crippen LogP contribution in [0.3, 0.4) is 0 Å². The van der Waals surface area contributed by atoms with E-state index in [4.69, 9.17) is 4.74 Å². The molecule has 3 rings (SSSR count). The van der Waals surface area contributed by atoms with Gasteiger partial charge in [-0.1, -0.05) is 17.7 Å². The molecule has 1 aliphatic heterocycles. The number of ether oxygens (including phenoxy) is 1. The van der Waals surface area contributed by atoms with Gasteiger partial charge in [0, 0.05) is 32.7 Å². The van der Waals surface area contributed by atoms with Gasteiger partial charge < -0.3 is 19.9 Å². The lowest BCUT2D eigenvalue weighted by Crippen LogP contribution is -2.38. The molecule has 0 saturated carbocycles. The predicted molar refractivity (Wildman–Crippen MR) is 104 cm³/mol. The SMILES string of the molecule is Cc1ccc(C)c(C(=O)NCc2nc(N(C)C)nc(N3CCOCC3)n2)c1. The first kappa shape index (κ1) is 19.0. The lowest BCUT2D eigenvalue weighted by molar-refractivity contribution is 0.0949. The van der Waals surface area contributed by atoms with E-state index in [0.29, 0.717) is 36.5 Å². The Hall–Kier alpha value is -2.74. The van der Waals surface area contributed by atoms with Crippen LogP contribution in [0.25, 0.3) is 0 Å². The van der Waals surface area contributed by atoms with Gasteiger partial charge in [-0.25, -0.2) is 0 Å². The third-order valence-electron chi connectivity index (χ3n) is 4.40. The van der Waals surface area contributed by atoms with Crippen molar-refractivity contribution in [1.29, 1.82) is 0 Å². The molecule has 8 heteroatoms. The van der Waals surface area contributed by atoms with E-state index in [9.17, 15) is 4.79 Å². The number of morpholine rings is 1. The average molecular weight is 370 g/mol. The van der Waals surface area contributed by atoms with Gasteiger partial charge in [0.15, 0.2) is 5.82 Å². The van der Waals surface area contributed by atoms with Gasteiger partial charge >= 0.3 is 0 Å². The molecule has 1 fully saturated rings. The van der Waals surface area contributed by atoms with Crippen molar-refractivity contribution in [1.82, 2.24) is 20.3 Å². The molecule has 0 aliphatic carbocycles. The molecule has 144 valence electrons. The Labute approximate surface area is 159 Å². The standard InChI is InChI=1S/C19H26N6O2/c1-13-5-6-14(2)15(11-13)17(26)20-12-16-21-18(24(3)4)23-19(22-16)25-7-9-27-10-8-25/h5-6,11H,7-10,12H2,1-4H3,(H,20,26). The number of aromatic nitrogens is 3. The molecule has 0 atom stereocenters. The van der Waals surface area contributed by atoms with Crippen molar-refractivity contribution in [2.24, 2.45) is 0 Å². The average Bonchev–Trinajstić information content (AvgIpc) is 2.68. The van der Waals surface area contributed by atoms with E-state index in [1.165, 1.54) is 0 Å². The Morgan fingerprint density at radius 3 is 2.63 bits per heavy atom. The van der Waals surface area contributed by atoms with Crippen molar-refractivity contribution >= 4 is 17.8 Å². The van der Waals surface area contributed by atoms with Crippen molar-refractivity contribution < 1.29 is 9.53 Å². The quantitative estimate of drug-likeness (QED) is 0.850. The number of hydrogen-bond acceptors (Lipinski definition) is 7. The second kappa shape index (κ2) is 8.30. The molecule has 1 aromatic carbocycles. The van der Waals surface area contributed by atoms with Crippen molar-refractivity contribution in [3.05, 3.63) is 40.7 Å². The van der Waals surface area contributed by atoms with Gasteiger partial charge in [0.1, 0.15) is 0 Å². The van der Waals surface area contributed by atoms with Crippen molar-refractivity contribution in [3.63, 3.8) is 0 Å². The highest BCUT2D eigenvalue weighted by atomic mass is 16.5. The van der Waals surface area contributed by atoms with Crippen LogP contribution in [0.4, 0.5) is 11.9 Å². The fourth-order valence-electron chi connectivity index (χ4n) is 2.81. The number of amides is 1. The van der Waals surface area contributed by atoms with Crippen molar-refractivity contribution in [2.45, 2.75) is 20.4 Å². The maximum Gasteiger partial charge on any atom is 0.251 e. The van der Waals surface area contributed by atoms with E-state index in [1.807, 2.05) is 51.0 Å². The van der Waals surface area contributed by atoms with E-state index in [0.717, 1.165) is 24.2 Å². The van der Waals surface area contributed by atoms with Crippen LogP contribution < -0.4 is 15.1 Å². The summed E-state index contributed by atoms with van der Waals surface area (Å²) in [6, 6.07) is 5.84. The third kappa shape index (κ3) is 4.71. The minimum atomic E-state index is -0.129. The summed E-state index contributed by atoms with van der Waals surface area (Å²) >= 11 is 0. The number of nitrogens with one attached hydrogen (secondary N) is 1. The van der Waals surface area contributed by atoms with E-state index in [2.05, 4.69) is 25.2 Å². The van der Waals surface area contributed by atoms with Gasteiger partial charge in [-0.2, -0.15) is 15.0 Å². The summed E-state index contributed by atoms with van der Waals surface area (Å²) in [6.07, 6.45) is 0. The summed E-state index contributed by atoms with van der Waals surface area (Å²) in [6.45, 7) is 6.94. The summed E-state index contributed by atoms with van der Waals surface area (Å²) < 4.78 is 5.40. The smallest absolute Gasteiger partial charge is 0.251 e. The van der Waals surface area contributed by atoms with E-state index in [1.54, 1.807) is 0 Å². The molecule has 2 aromatic rings. The maximum absolute atomic E-state index is 12.6. The molecule has 0 radical (unpaired) electrons. The fourth-order valence-corrected chi connectivity index (χ4v) is 2.81. The number of hydrogen-bond donors (Lipinski definition) is 1. The molecular formula is C19H26N6O2. The molecule has 1 saturated heterocycles. The largest absolute Gasteiger partial charge is 0.378 e. The summed E-state index contributed by atoms with van der Waals surface area (Å²) in [5, 5.41) is 2.93. The molecule has 0 bridgehead atoms. The predicted octanol–water partition coefficient (Wildman–Crippen LogP) is 1.32. The molecule has 0 spiro atoms. The van der Waals surface area contributed by atoms with Crippen molar-refractivity contribution in [3.8, 4) is 0 Å². The summed E-state index contributed by atoms with van der Waals surface area (Å²) in [4.78, 5) is 30.0. The molecule has 1 aliphatic rings. The van der Waals surface area contributed by atoms with E-state index >= 15 is 0 Å².